The Bertz CT molecular complexity index is 414. The predicted molar refractivity (Wildman–Crippen MR) is 54.6 cm³/mol. The largest absolute Gasteiger partial charge is 0.402 e. The summed E-state index contributed by atoms with van der Waals surface area (Å²) in [5.41, 5.74) is 1.58. The maximum absolute atomic E-state index is 12.6. The van der Waals surface area contributed by atoms with E-state index in [0.29, 0.717) is 0 Å². The van der Waals surface area contributed by atoms with Gasteiger partial charge in [-0.3, -0.25) is 16.3 Å². The van der Waals surface area contributed by atoms with Crippen molar-refractivity contribution in [3.63, 3.8) is 0 Å². The third-order valence-corrected chi connectivity index (χ3v) is 2.63. The molecule has 1 aromatic rings. The second-order valence-electron chi connectivity index (χ2n) is 3.94. The second-order valence-corrected chi connectivity index (χ2v) is 3.94. The van der Waals surface area contributed by atoms with Crippen LogP contribution in [0.25, 0.3) is 0 Å². The minimum absolute atomic E-state index is 0.233. The number of nitrogens with two attached hydrogens (primary N) is 1. The summed E-state index contributed by atoms with van der Waals surface area (Å²) < 4.78 is 75.8. The van der Waals surface area contributed by atoms with Gasteiger partial charge in [-0.15, -0.1) is 0 Å². The molecule has 0 saturated heterocycles. The van der Waals surface area contributed by atoms with E-state index in [1.807, 2.05) is 0 Å². The molecule has 0 spiro atoms. The summed E-state index contributed by atoms with van der Waals surface area (Å²) in [6.45, 7) is 1.38. The third kappa shape index (κ3) is 3.57. The standard InChI is InChI=1S/C10H11F6N3/c1-5-2-3-18-4-6(5)7(19-17)8(9(11,12)13)10(14,15)16/h2-4,7-8,19H,17H2,1H3. The average molecular weight is 287 g/mol. The lowest BCUT2D eigenvalue weighted by Gasteiger charge is -2.30. The van der Waals surface area contributed by atoms with Gasteiger partial charge in [0.1, 0.15) is 0 Å². The first kappa shape index (κ1) is 15.7. The lowest BCUT2D eigenvalue weighted by atomic mass is 9.91. The van der Waals surface area contributed by atoms with Crippen LogP contribution in [0.4, 0.5) is 26.3 Å². The molecule has 1 atom stereocenters. The van der Waals surface area contributed by atoms with Gasteiger partial charge < -0.3 is 0 Å². The first-order chi connectivity index (χ1) is 8.59. The number of hydrazine groups is 1. The summed E-state index contributed by atoms with van der Waals surface area (Å²) in [7, 11) is 0. The molecule has 0 saturated carbocycles. The monoisotopic (exact) mass is 287 g/mol. The number of halogens is 6. The average Bonchev–Trinajstić information content (AvgIpc) is 2.23. The highest BCUT2D eigenvalue weighted by Gasteiger charge is 2.60. The number of nitrogens with one attached hydrogen (secondary N) is 1. The van der Waals surface area contributed by atoms with Crippen LogP contribution in [0.3, 0.4) is 0 Å². The highest BCUT2D eigenvalue weighted by molar-refractivity contribution is 5.26. The van der Waals surface area contributed by atoms with Crippen LogP contribution < -0.4 is 11.3 Å². The van der Waals surface area contributed by atoms with E-state index in [4.69, 9.17) is 5.84 Å². The molecular weight excluding hydrogens is 276 g/mol. The second kappa shape index (κ2) is 5.33. The molecule has 0 aliphatic carbocycles. The Labute approximate surface area is 104 Å². The van der Waals surface area contributed by atoms with E-state index in [1.165, 1.54) is 19.2 Å². The predicted octanol–water partition coefficient (Wildman–Crippen LogP) is 2.64. The zero-order valence-electron chi connectivity index (χ0n) is 9.68. The Morgan fingerprint density at radius 3 is 2.05 bits per heavy atom. The van der Waals surface area contributed by atoms with Gasteiger partial charge in [-0.1, -0.05) is 0 Å². The Kier molecular flexibility index (Phi) is 4.41. The van der Waals surface area contributed by atoms with Crippen molar-refractivity contribution in [1.29, 1.82) is 0 Å². The number of pyridine rings is 1. The molecule has 3 N–H and O–H groups in total. The molecule has 1 rings (SSSR count). The number of hydrogen-bond acceptors (Lipinski definition) is 3. The van der Waals surface area contributed by atoms with Gasteiger partial charge in [0.25, 0.3) is 0 Å². The van der Waals surface area contributed by atoms with Crippen molar-refractivity contribution in [2.75, 3.05) is 0 Å². The topological polar surface area (TPSA) is 50.9 Å². The number of alkyl halides is 6. The van der Waals surface area contributed by atoms with E-state index < -0.39 is 24.3 Å². The summed E-state index contributed by atoms with van der Waals surface area (Å²) >= 11 is 0. The van der Waals surface area contributed by atoms with E-state index in [0.717, 1.165) is 6.20 Å². The minimum Gasteiger partial charge on any atom is -0.271 e. The molecule has 0 fully saturated rings. The Morgan fingerprint density at radius 2 is 1.68 bits per heavy atom. The van der Waals surface area contributed by atoms with E-state index in [1.54, 1.807) is 5.43 Å². The van der Waals surface area contributed by atoms with Crippen molar-refractivity contribution < 1.29 is 26.3 Å². The number of nitrogens with zero attached hydrogens (tertiary/aromatic N) is 1. The van der Waals surface area contributed by atoms with Crippen molar-refractivity contribution in [3.05, 3.63) is 29.6 Å². The molecule has 0 aromatic carbocycles. The van der Waals surface area contributed by atoms with Crippen molar-refractivity contribution in [3.8, 4) is 0 Å². The van der Waals surface area contributed by atoms with Crippen molar-refractivity contribution >= 4 is 0 Å². The molecular formula is C10H11F6N3. The zero-order chi connectivity index (χ0) is 14.8. The molecule has 0 bridgehead atoms. The van der Waals surface area contributed by atoms with Gasteiger partial charge in [-0.2, -0.15) is 26.3 Å². The van der Waals surface area contributed by atoms with Crippen LogP contribution in [0.5, 0.6) is 0 Å². The fourth-order valence-electron chi connectivity index (χ4n) is 1.73. The quantitative estimate of drug-likeness (QED) is 0.510. The first-order valence-electron chi connectivity index (χ1n) is 5.09. The molecule has 0 radical (unpaired) electrons. The molecule has 19 heavy (non-hydrogen) atoms. The van der Waals surface area contributed by atoms with Crippen molar-refractivity contribution in [1.82, 2.24) is 10.4 Å². The molecule has 0 amide bonds. The lowest BCUT2D eigenvalue weighted by Crippen LogP contribution is -2.48. The van der Waals surface area contributed by atoms with E-state index in [9.17, 15) is 26.3 Å². The number of aromatic nitrogens is 1. The van der Waals surface area contributed by atoms with E-state index in [-0.39, 0.29) is 11.1 Å². The maximum Gasteiger partial charge on any atom is 0.402 e. The molecule has 3 nitrogen and oxygen atoms in total. The Hall–Kier alpha value is -1.35. The van der Waals surface area contributed by atoms with Gasteiger partial charge in [0.15, 0.2) is 5.92 Å². The van der Waals surface area contributed by atoms with Crippen LogP contribution in [0.2, 0.25) is 0 Å². The van der Waals surface area contributed by atoms with Gasteiger partial charge in [-0.25, -0.2) is 0 Å². The number of rotatable bonds is 3. The van der Waals surface area contributed by atoms with Crippen molar-refractivity contribution in [2.24, 2.45) is 11.8 Å². The van der Waals surface area contributed by atoms with Crippen molar-refractivity contribution in [2.45, 2.75) is 25.3 Å². The van der Waals surface area contributed by atoms with Crippen LogP contribution in [0, 0.1) is 12.8 Å². The summed E-state index contributed by atoms with van der Waals surface area (Å²) in [5.74, 6) is 1.29. The van der Waals surface area contributed by atoms with Gasteiger partial charge >= 0.3 is 12.4 Å². The van der Waals surface area contributed by atoms with Crippen LogP contribution in [-0.4, -0.2) is 17.3 Å². The van der Waals surface area contributed by atoms with Crippen LogP contribution in [0.1, 0.15) is 17.2 Å². The van der Waals surface area contributed by atoms with Crippen LogP contribution >= 0.6 is 0 Å². The Balaban J connectivity index is 3.30. The van der Waals surface area contributed by atoms with Crippen LogP contribution in [0.15, 0.2) is 18.5 Å². The summed E-state index contributed by atoms with van der Waals surface area (Å²) in [5, 5.41) is 0. The summed E-state index contributed by atoms with van der Waals surface area (Å²) in [6, 6.07) is -0.836. The highest BCUT2D eigenvalue weighted by atomic mass is 19.4. The number of hydrogen-bond donors (Lipinski definition) is 2. The normalized spacial score (nSPS) is 14.8. The van der Waals surface area contributed by atoms with Gasteiger partial charge in [-0.05, 0) is 24.1 Å². The first-order valence-corrected chi connectivity index (χ1v) is 5.09. The van der Waals surface area contributed by atoms with E-state index in [2.05, 4.69) is 4.98 Å². The minimum atomic E-state index is -5.47. The molecule has 9 heteroatoms. The third-order valence-electron chi connectivity index (χ3n) is 2.63. The molecule has 1 unspecified atom stereocenters. The molecule has 108 valence electrons. The molecule has 0 aliphatic rings. The molecule has 1 heterocycles. The van der Waals surface area contributed by atoms with Gasteiger partial charge in [0.05, 0.1) is 6.04 Å². The Morgan fingerprint density at radius 1 is 1.16 bits per heavy atom. The lowest BCUT2D eigenvalue weighted by molar-refractivity contribution is -0.293. The van der Waals surface area contributed by atoms with Crippen LogP contribution in [-0.2, 0) is 0 Å². The zero-order valence-corrected chi connectivity index (χ0v) is 9.68. The summed E-state index contributed by atoms with van der Waals surface area (Å²) in [6.07, 6.45) is -8.75. The number of aryl methyl sites for hydroxylation is 1. The fourth-order valence-corrected chi connectivity index (χ4v) is 1.73. The maximum atomic E-state index is 12.6. The molecule has 0 aliphatic heterocycles. The SMILES string of the molecule is Cc1ccncc1C(NN)C(C(F)(F)F)C(F)(F)F. The highest BCUT2D eigenvalue weighted by Crippen LogP contribution is 2.46. The van der Waals surface area contributed by atoms with Gasteiger partial charge in [0.2, 0.25) is 0 Å². The molecule has 1 aromatic heterocycles. The summed E-state index contributed by atoms with van der Waals surface area (Å²) in [4.78, 5) is 3.53. The smallest absolute Gasteiger partial charge is 0.271 e. The fraction of sp³-hybridized carbons (Fsp3) is 0.500. The van der Waals surface area contributed by atoms with E-state index >= 15 is 0 Å². The van der Waals surface area contributed by atoms with Gasteiger partial charge in [0, 0.05) is 12.4 Å².